The molecule has 0 bridgehead atoms. The minimum Gasteiger partial charge on any atom is -0.384 e. The number of rotatable bonds is 3. The first-order valence-corrected chi connectivity index (χ1v) is 9.14. The van der Waals surface area contributed by atoms with Crippen LogP contribution in [-0.4, -0.2) is 14.1 Å². The molecule has 7 heteroatoms. The van der Waals surface area contributed by atoms with Gasteiger partial charge in [0.1, 0.15) is 5.82 Å². The van der Waals surface area contributed by atoms with Crippen LogP contribution in [0.5, 0.6) is 0 Å². The van der Waals surface area contributed by atoms with E-state index in [2.05, 4.69) is 11.1 Å². The molecule has 4 rings (SSSR count). The molecule has 1 aliphatic rings. The largest absolute Gasteiger partial charge is 0.384 e. The Morgan fingerprint density at radius 3 is 2.88 bits per heavy atom. The van der Waals surface area contributed by atoms with Crippen molar-refractivity contribution in [1.29, 1.82) is 0 Å². The predicted molar refractivity (Wildman–Crippen MR) is 100 cm³/mol. The lowest BCUT2D eigenvalue weighted by molar-refractivity contribution is 0.487. The molecule has 0 amide bonds. The van der Waals surface area contributed by atoms with Crippen LogP contribution in [-0.2, 0) is 6.54 Å². The van der Waals surface area contributed by atoms with E-state index in [1.54, 1.807) is 16.7 Å². The van der Waals surface area contributed by atoms with Crippen molar-refractivity contribution in [3.8, 4) is 0 Å². The highest BCUT2D eigenvalue weighted by Crippen LogP contribution is 2.23. The first-order valence-electron chi connectivity index (χ1n) is 8.26. The minimum atomic E-state index is -0.333. The number of fused-ring (bicyclic) bond motifs is 1. The van der Waals surface area contributed by atoms with Crippen molar-refractivity contribution in [3.05, 3.63) is 67.5 Å². The Labute approximate surface area is 147 Å². The van der Waals surface area contributed by atoms with Gasteiger partial charge in [0.25, 0.3) is 5.56 Å². The summed E-state index contributed by atoms with van der Waals surface area (Å²) >= 11 is 1.53. The summed E-state index contributed by atoms with van der Waals surface area (Å²) in [4.78, 5) is 31.3. The summed E-state index contributed by atoms with van der Waals surface area (Å²) in [5.74, 6) is 0.302. The molecule has 1 atom stereocenters. The highest BCUT2D eigenvalue weighted by atomic mass is 32.1. The van der Waals surface area contributed by atoms with Crippen LogP contribution in [0.15, 0.2) is 51.4 Å². The van der Waals surface area contributed by atoms with E-state index in [1.807, 2.05) is 23.6 Å². The molecule has 3 aromatic heterocycles. The maximum absolute atomic E-state index is 13.2. The van der Waals surface area contributed by atoms with Crippen molar-refractivity contribution in [2.75, 3.05) is 5.73 Å². The second-order valence-electron chi connectivity index (χ2n) is 6.16. The summed E-state index contributed by atoms with van der Waals surface area (Å²) in [6.07, 6.45) is 6.96. The van der Waals surface area contributed by atoms with Crippen molar-refractivity contribution < 1.29 is 0 Å². The summed E-state index contributed by atoms with van der Waals surface area (Å²) in [5, 5.41) is 2.36. The average Bonchev–Trinajstić information content (AvgIpc) is 3.13. The first-order chi connectivity index (χ1) is 12.1. The molecular weight excluding hydrogens is 336 g/mol. The van der Waals surface area contributed by atoms with Crippen molar-refractivity contribution in [2.45, 2.75) is 31.8 Å². The van der Waals surface area contributed by atoms with Gasteiger partial charge in [-0.3, -0.25) is 13.9 Å². The van der Waals surface area contributed by atoms with Crippen LogP contribution in [0.2, 0.25) is 0 Å². The van der Waals surface area contributed by atoms with E-state index in [4.69, 9.17) is 5.73 Å². The third kappa shape index (κ3) is 2.80. The number of nitrogens with two attached hydrogens (primary N) is 1. The number of hydrogen-bond donors (Lipinski definition) is 1. The Morgan fingerprint density at radius 2 is 2.16 bits per heavy atom. The Kier molecular flexibility index (Phi) is 4.01. The lowest BCUT2D eigenvalue weighted by atomic mass is 10.0. The zero-order valence-corrected chi connectivity index (χ0v) is 14.4. The number of allylic oxidation sites excluding steroid dienone is 2. The van der Waals surface area contributed by atoms with Gasteiger partial charge in [0.05, 0.1) is 18.0 Å². The smallest absolute Gasteiger partial charge is 0.333 e. The van der Waals surface area contributed by atoms with Gasteiger partial charge in [-0.05, 0) is 42.8 Å². The number of nitrogen functional groups attached to an aromatic ring is 1. The first kappa shape index (κ1) is 15.8. The van der Waals surface area contributed by atoms with Crippen molar-refractivity contribution >= 4 is 28.2 Å². The van der Waals surface area contributed by atoms with E-state index in [0.29, 0.717) is 16.9 Å². The third-order valence-corrected chi connectivity index (χ3v) is 5.35. The zero-order chi connectivity index (χ0) is 17.4. The highest BCUT2D eigenvalue weighted by Gasteiger charge is 2.21. The van der Waals surface area contributed by atoms with E-state index >= 15 is 0 Å². The second kappa shape index (κ2) is 6.33. The predicted octanol–water partition coefficient (Wildman–Crippen LogP) is 2.53. The zero-order valence-electron chi connectivity index (χ0n) is 13.6. The average molecular weight is 354 g/mol. The number of nitrogens with zero attached hydrogens (tertiary/aromatic N) is 3. The summed E-state index contributed by atoms with van der Waals surface area (Å²) in [6.45, 7) is 0.270. The molecule has 1 aliphatic carbocycles. The Balaban J connectivity index is 2.01. The van der Waals surface area contributed by atoms with Crippen LogP contribution in [0, 0.1) is 0 Å². The maximum Gasteiger partial charge on any atom is 0.333 e. The number of anilines is 1. The van der Waals surface area contributed by atoms with Gasteiger partial charge in [0.2, 0.25) is 0 Å². The Hall–Kier alpha value is -2.67. The molecule has 3 aromatic rings. The van der Waals surface area contributed by atoms with Crippen LogP contribution in [0.3, 0.4) is 0 Å². The fourth-order valence-electron chi connectivity index (χ4n) is 3.27. The number of pyridine rings is 1. The molecule has 0 saturated carbocycles. The van der Waals surface area contributed by atoms with Crippen molar-refractivity contribution in [3.63, 3.8) is 0 Å². The fraction of sp³-hybridized carbons (Fsp3) is 0.278. The van der Waals surface area contributed by atoms with Gasteiger partial charge in [-0.2, -0.15) is 0 Å². The van der Waals surface area contributed by atoms with E-state index < -0.39 is 0 Å². The summed E-state index contributed by atoms with van der Waals surface area (Å²) in [5.41, 5.74) is 5.53. The normalized spacial score (nSPS) is 17.2. The third-order valence-electron chi connectivity index (χ3n) is 4.49. The van der Waals surface area contributed by atoms with E-state index in [1.165, 1.54) is 15.9 Å². The molecule has 1 unspecified atom stereocenters. The molecule has 0 fully saturated rings. The molecule has 25 heavy (non-hydrogen) atoms. The van der Waals surface area contributed by atoms with Gasteiger partial charge in [0, 0.05) is 4.88 Å². The quantitative estimate of drug-likeness (QED) is 0.733. The van der Waals surface area contributed by atoms with Gasteiger partial charge >= 0.3 is 5.69 Å². The van der Waals surface area contributed by atoms with Crippen LogP contribution in [0.4, 0.5) is 5.82 Å². The molecule has 0 aromatic carbocycles. The summed E-state index contributed by atoms with van der Waals surface area (Å²) in [7, 11) is 0. The lowest BCUT2D eigenvalue weighted by Gasteiger charge is -2.22. The molecule has 128 valence electrons. The van der Waals surface area contributed by atoms with Crippen LogP contribution < -0.4 is 17.0 Å². The second-order valence-corrected chi connectivity index (χ2v) is 7.19. The van der Waals surface area contributed by atoms with Crippen molar-refractivity contribution in [2.24, 2.45) is 0 Å². The number of thiophene rings is 1. The molecular formula is C18H18N4O2S. The topological polar surface area (TPSA) is 82.9 Å². The molecule has 0 aliphatic heterocycles. The van der Waals surface area contributed by atoms with Gasteiger partial charge in [0.15, 0.2) is 5.65 Å². The van der Waals surface area contributed by atoms with E-state index in [0.717, 1.165) is 24.1 Å². The Morgan fingerprint density at radius 1 is 1.28 bits per heavy atom. The van der Waals surface area contributed by atoms with Gasteiger partial charge in [-0.15, -0.1) is 11.3 Å². The molecule has 2 N–H and O–H groups in total. The molecule has 3 heterocycles. The molecule has 0 radical (unpaired) electrons. The fourth-order valence-corrected chi connectivity index (χ4v) is 3.97. The molecule has 0 saturated heterocycles. The minimum absolute atomic E-state index is 0.103. The van der Waals surface area contributed by atoms with Crippen LogP contribution >= 0.6 is 11.3 Å². The number of hydrogen-bond acceptors (Lipinski definition) is 5. The summed E-state index contributed by atoms with van der Waals surface area (Å²) in [6, 6.07) is 7.00. The molecule has 6 nitrogen and oxygen atoms in total. The van der Waals surface area contributed by atoms with Gasteiger partial charge < -0.3 is 5.73 Å². The monoisotopic (exact) mass is 354 g/mol. The van der Waals surface area contributed by atoms with Crippen LogP contribution in [0.1, 0.15) is 30.2 Å². The standard InChI is InChI=1S/C18H18N4O2S/c19-15-9-8-14-16(20-15)22(12-5-2-1-3-6-12)18(24)21(17(14)23)11-13-7-4-10-25-13/h2,4-5,7-10,12H,1,3,6,11H2,(H2,19,20). The Bertz CT molecular complexity index is 1060. The van der Waals surface area contributed by atoms with E-state index in [9.17, 15) is 9.59 Å². The van der Waals surface area contributed by atoms with Gasteiger partial charge in [-0.1, -0.05) is 18.2 Å². The SMILES string of the molecule is Nc1ccc2c(=O)n(Cc3cccs3)c(=O)n(C3C=CCCC3)c2n1. The number of aromatic nitrogens is 3. The highest BCUT2D eigenvalue weighted by molar-refractivity contribution is 7.09. The maximum atomic E-state index is 13.2. The lowest BCUT2D eigenvalue weighted by Crippen LogP contribution is -2.42. The van der Waals surface area contributed by atoms with E-state index in [-0.39, 0.29) is 23.8 Å². The van der Waals surface area contributed by atoms with Crippen LogP contribution in [0.25, 0.3) is 11.0 Å². The van der Waals surface area contributed by atoms with Crippen molar-refractivity contribution in [1.82, 2.24) is 14.1 Å². The molecule has 0 spiro atoms. The summed E-state index contributed by atoms with van der Waals surface area (Å²) < 4.78 is 2.92. The van der Waals surface area contributed by atoms with Gasteiger partial charge in [-0.25, -0.2) is 9.78 Å².